The van der Waals surface area contributed by atoms with Crippen LogP contribution in [0.4, 0.5) is 5.82 Å². The number of aryl methyl sites for hydroxylation is 1. The van der Waals surface area contributed by atoms with E-state index in [0.717, 1.165) is 46.9 Å². The van der Waals surface area contributed by atoms with Gasteiger partial charge in [-0.2, -0.15) is 0 Å². The van der Waals surface area contributed by atoms with Crippen molar-refractivity contribution in [2.45, 2.75) is 13.0 Å². The topological polar surface area (TPSA) is 43.2 Å². The maximum atomic E-state index is 5.29. The van der Waals surface area contributed by atoms with Gasteiger partial charge in [0.1, 0.15) is 17.4 Å². The maximum absolute atomic E-state index is 5.29. The van der Waals surface area contributed by atoms with Crippen molar-refractivity contribution < 1.29 is 4.74 Å². The molecule has 1 aliphatic heterocycles. The molecule has 0 atom stereocenters. The second kappa shape index (κ2) is 5.73. The third kappa shape index (κ3) is 2.31. The molecule has 5 rings (SSSR count). The van der Waals surface area contributed by atoms with Gasteiger partial charge in [0.25, 0.3) is 0 Å². The Hall–Kier alpha value is -3.08. The molecule has 1 aliphatic rings. The summed E-state index contributed by atoms with van der Waals surface area (Å²) in [5.41, 5.74) is 3.28. The van der Waals surface area contributed by atoms with Gasteiger partial charge < -0.3 is 14.2 Å². The zero-order valence-corrected chi connectivity index (χ0v) is 14.9. The Morgan fingerprint density at radius 2 is 1.81 bits per heavy atom. The number of hydrogen-bond donors (Lipinski definition) is 0. The minimum atomic E-state index is 0.441. The van der Waals surface area contributed by atoms with Gasteiger partial charge in [-0.1, -0.05) is 12.1 Å². The van der Waals surface area contributed by atoms with E-state index in [-0.39, 0.29) is 0 Å². The third-order valence-electron chi connectivity index (χ3n) is 5.21. The molecule has 2 aromatic heterocycles. The first-order valence-electron chi connectivity index (χ1n) is 8.86. The van der Waals surface area contributed by atoms with Crippen LogP contribution >= 0.6 is 0 Å². The van der Waals surface area contributed by atoms with E-state index in [1.165, 1.54) is 5.52 Å². The van der Waals surface area contributed by atoms with E-state index in [4.69, 9.17) is 9.72 Å². The number of anilines is 1. The van der Waals surface area contributed by atoms with Gasteiger partial charge in [-0.05, 0) is 49.4 Å². The fraction of sp³-hybridized carbons (Fsp3) is 0.238. The van der Waals surface area contributed by atoms with Gasteiger partial charge in [0.15, 0.2) is 0 Å². The molecule has 0 bridgehead atoms. The average Bonchev–Trinajstić information content (AvgIpc) is 2.96. The Labute approximate surface area is 151 Å². The third-order valence-corrected chi connectivity index (χ3v) is 5.21. The van der Waals surface area contributed by atoms with Crippen molar-refractivity contribution in [3.05, 3.63) is 60.4 Å². The Morgan fingerprint density at radius 3 is 2.65 bits per heavy atom. The number of ether oxygens (including phenoxy) is 1. The zero-order chi connectivity index (χ0) is 17.7. The number of aromatic nitrogens is 3. The smallest absolute Gasteiger partial charge is 0.129 e. The highest BCUT2D eigenvalue weighted by Crippen LogP contribution is 2.32. The number of nitrogens with zero attached hydrogens (tertiary/aromatic N) is 4. The number of fused-ring (bicyclic) bond motifs is 2. The Balaban J connectivity index is 1.41. The van der Waals surface area contributed by atoms with Crippen molar-refractivity contribution >= 4 is 27.8 Å². The maximum Gasteiger partial charge on any atom is 0.129 e. The predicted molar refractivity (Wildman–Crippen MR) is 104 cm³/mol. The molecule has 0 radical (unpaired) electrons. The molecule has 26 heavy (non-hydrogen) atoms. The lowest BCUT2D eigenvalue weighted by Gasteiger charge is -2.41. The fourth-order valence-corrected chi connectivity index (χ4v) is 3.83. The van der Waals surface area contributed by atoms with Gasteiger partial charge in [-0.3, -0.25) is 0 Å². The molecule has 5 heteroatoms. The van der Waals surface area contributed by atoms with E-state index in [1.54, 1.807) is 7.11 Å². The lowest BCUT2D eigenvalue weighted by molar-refractivity contribution is 0.399. The first kappa shape index (κ1) is 15.2. The standard InChI is InChI=1S/C21H20N4O/c1-14-22-19-5-3-4-6-20(19)25(14)16-12-24(13-16)21-10-7-15-11-17(26-2)8-9-18(15)23-21/h3-11,16H,12-13H2,1-2H3. The van der Waals surface area contributed by atoms with Gasteiger partial charge in [0, 0.05) is 18.5 Å². The summed E-state index contributed by atoms with van der Waals surface area (Å²) < 4.78 is 7.65. The summed E-state index contributed by atoms with van der Waals surface area (Å²) in [5, 5.41) is 1.10. The van der Waals surface area contributed by atoms with Crippen LogP contribution in [0.1, 0.15) is 11.9 Å². The second-order valence-electron chi connectivity index (χ2n) is 6.80. The minimum Gasteiger partial charge on any atom is -0.497 e. The Morgan fingerprint density at radius 1 is 0.962 bits per heavy atom. The van der Waals surface area contributed by atoms with Crippen molar-refractivity contribution in [3.8, 4) is 5.75 Å². The highest BCUT2D eigenvalue weighted by atomic mass is 16.5. The SMILES string of the molecule is COc1ccc2nc(N3CC(n4c(C)nc5ccccc54)C3)ccc2c1. The molecule has 1 saturated heterocycles. The van der Waals surface area contributed by atoms with E-state index in [0.29, 0.717) is 6.04 Å². The first-order valence-corrected chi connectivity index (χ1v) is 8.86. The molecule has 0 aliphatic carbocycles. The first-order chi connectivity index (χ1) is 12.7. The van der Waals surface area contributed by atoms with Crippen LogP contribution in [0.3, 0.4) is 0 Å². The highest BCUT2D eigenvalue weighted by molar-refractivity contribution is 5.82. The molecule has 1 fully saturated rings. The monoisotopic (exact) mass is 344 g/mol. The molecule has 0 amide bonds. The van der Waals surface area contributed by atoms with Crippen molar-refractivity contribution in [2.75, 3.05) is 25.1 Å². The molecule has 2 aromatic carbocycles. The summed E-state index contributed by atoms with van der Waals surface area (Å²) in [6.07, 6.45) is 0. The van der Waals surface area contributed by atoms with E-state index in [1.807, 2.05) is 24.3 Å². The van der Waals surface area contributed by atoms with Crippen molar-refractivity contribution in [1.29, 1.82) is 0 Å². The van der Waals surface area contributed by atoms with Crippen molar-refractivity contribution in [1.82, 2.24) is 14.5 Å². The number of methoxy groups -OCH3 is 1. The van der Waals surface area contributed by atoms with Gasteiger partial charge in [-0.15, -0.1) is 0 Å². The number of rotatable bonds is 3. The summed E-state index contributed by atoms with van der Waals surface area (Å²) in [6, 6.07) is 19.0. The Kier molecular flexibility index (Phi) is 3.35. The van der Waals surface area contributed by atoms with E-state index >= 15 is 0 Å². The van der Waals surface area contributed by atoms with Gasteiger partial charge in [-0.25, -0.2) is 9.97 Å². The van der Waals surface area contributed by atoms with Gasteiger partial charge in [0.2, 0.25) is 0 Å². The molecular weight excluding hydrogens is 324 g/mol. The molecule has 3 heterocycles. The van der Waals surface area contributed by atoms with Crippen LogP contribution < -0.4 is 9.64 Å². The van der Waals surface area contributed by atoms with Gasteiger partial charge >= 0.3 is 0 Å². The number of para-hydroxylation sites is 2. The lowest BCUT2D eigenvalue weighted by atomic mass is 10.1. The fourth-order valence-electron chi connectivity index (χ4n) is 3.83. The number of pyridine rings is 1. The van der Waals surface area contributed by atoms with Crippen LogP contribution in [0.25, 0.3) is 21.9 Å². The van der Waals surface area contributed by atoms with Crippen LogP contribution in [0.5, 0.6) is 5.75 Å². The number of hydrogen-bond acceptors (Lipinski definition) is 4. The second-order valence-corrected chi connectivity index (χ2v) is 6.80. The Bertz CT molecular complexity index is 1110. The molecule has 5 nitrogen and oxygen atoms in total. The van der Waals surface area contributed by atoms with Crippen LogP contribution in [0, 0.1) is 6.92 Å². The van der Waals surface area contributed by atoms with Crippen LogP contribution in [0.2, 0.25) is 0 Å². The lowest BCUT2D eigenvalue weighted by Crippen LogP contribution is -2.48. The normalized spacial score (nSPS) is 14.8. The summed E-state index contributed by atoms with van der Waals surface area (Å²) in [4.78, 5) is 11.8. The number of imidazole rings is 1. The van der Waals surface area contributed by atoms with Crippen LogP contribution in [-0.4, -0.2) is 34.7 Å². The summed E-state index contributed by atoms with van der Waals surface area (Å²) in [6.45, 7) is 4.00. The predicted octanol–water partition coefficient (Wildman–Crippen LogP) is 3.96. The summed E-state index contributed by atoms with van der Waals surface area (Å²) >= 11 is 0. The van der Waals surface area contributed by atoms with E-state index in [9.17, 15) is 0 Å². The summed E-state index contributed by atoms with van der Waals surface area (Å²) in [5.74, 6) is 2.97. The van der Waals surface area contributed by atoms with E-state index in [2.05, 4.69) is 51.7 Å². The average molecular weight is 344 g/mol. The summed E-state index contributed by atoms with van der Waals surface area (Å²) in [7, 11) is 1.69. The van der Waals surface area contributed by atoms with E-state index < -0.39 is 0 Å². The molecular formula is C21H20N4O. The minimum absolute atomic E-state index is 0.441. The van der Waals surface area contributed by atoms with Crippen LogP contribution in [-0.2, 0) is 0 Å². The van der Waals surface area contributed by atoms with Crippen molar-refractivity contribution in [2.24, 2.45) is 0 Å². The molecule has 0 N–H and O–H groups in total. The largest absolute Gasteiger partial charge is 0.497 e. The molecule has 0 unspecified atom stereocenters. The highest BCUT2D eigenvalue weighted by Gasteiger charge is 2.31. The zero-order valence-electron chi connectivity index (χ0n) is 14.9. The van der Waals surface area contributed by atoms with Gasteiger partial charge in [0.05, 0.1) is 29.7 Å². The molecule has 4 aromatic rings. The quantitative estimate of drug-likeness (QED) is 0.564. The molecule has 130 valence electrons. The van der Waals surface area contributed by atoms with Crippen LogP contribution in [0.15, 0.2) is 54.6 Å². The molecule has 0 spiro atoms. The van der Waals surface area contributed by atoms with Crippen molar-refractivity contribution in [3.63, 3.8) is 0 Å². The molecule has 0 saturated carbocycles. The number of benzene rings is 2.